The molecule has 0 fully saturated rings. The van der Waals surface area contributed by atoms with Crippen molar-refractivity contribution in [2.75, 3.05) is 14.1 Å². The highest BCUT2D eigenvalue weighted by Crippen LogP contribution is 2.28. The molecule has 0 saturated heterocycles. The summed E-state index contributed by atoms with van der Waals surface area (Å²) in [4.78, 5) is 4.46. The van der Waals surface area contributed by atoms with Crippen LogP contribution in [0.2, 0.25) is 0 Å². The van der Waals surface area contributed by atoms with Crippen LogP contribution in [0.25, 0.3) is 0 Å². The van der Waals surface area contributed by atoms with Gasteiger partial charge in [0.05, 0.1) is 6.07 Å². The summed E-state index contributed by atoms with van der Waals surface area (Å²) in [5.41, 5.74) is 1.15. The lowest BCUT2D eigenvalue weighted by Gasteiger charge is -2.16. The smallest absolute Gasteiger partial charge is 0.124 e. The molecule has 0 N–H and O–H groups in total. The number of hydrogen-bond acceptors (Lipinski definition) is 3. The molecule has 1 atom stereocenters. The quantitative estimate of drug-likeness (QED) is 0.723. The number of rotatable bonds is 2. The van der Waals surface area contributed by atoms with Crippen LogP contribution in [-0.4, -0.2) is 19.0 Å². The zero-order valence-electron chi connectivity index (χ0n) is 8.46. The van der Waals surface area contributed by atoms with E-state index in [0.29, 0.717) is 0 Å². The lowest BCUT2D eigenvalue weighted by molar-refractivity contribution is 0.358. The maximum absolute atomic E-state index is 9.00. The van der Waals surface area contributed by atoms with Crippen molar-refractivity contribution in [1.82, 2.24) is 4.90 Å². The third-order valence-electron chi connectivity index (χ3n) is 2.01. The number of nitriles is 1. The molecule has 1 heterocycles. The molecule has 0 aliphatic carbocycles. The molecular weight excluding hydrogens is 180 g/mol. The van der Waals surface area contributed by atoms with Gasteiger partial charge in [0, 0.05) is 9.75 Å². The van der Waals surface area contributed by atoms with Gasteiger partial charge in [-0.2, -0.15) is 5.26 Å². The highest BCUT2D eigenvalue weighted by atomic mass is 32.1. The van der Waals surface area contributed by atoms with E-state index in [0.717, 1.165) is 5.56 Å². The summed E-state index contributed by atoms with van der Waals surface area (Å²) in [6.07, 6.45) is 0. The van der Waals surface area contributed by atoms with Gasteiger partial charge in [0.1, 0.15) is 6.04 Å². The Labute approximate surface area is 83.4 Å². The number of hydrogen-bond donors (Lipinski definition) is 0. The first-order chi connectivity index (χ1) is 6.06. The summed E-state index contributed by atoms with van der Waals surface area (Å²) in [6, 6.07) is 4.30. The first-order valence-electron chi connectivity index (χ1n) is 4.19. The molecule has 1 unspecified atom stereocenters. The summed E-state index contributed by atoms with van der Waals surface area (Å²) in [6.45, 7) is 4.14. The molecular formula is C10H14N2S. The summed E-state index contributed by atoms with van der Waals surface area (Å²) >= 11 is 1.75. The zero-order chi connectivity index (χ0) is 10.0. The van der Waals surface area contributed by atoms with Crippen molar-refractivity contribution in [1.29, 1.82) is 5.26 Å². The fourth-order valence-corrected chi connectivity index (χ4v) is 2.34. The molecule has 1 aromatic rings. The third kappa shape index (κ3) is 2.09. The van der Waals surface area contributed by atoms with Crippen LogP contribution in [0.3, 0.4) is 0 Å². The second-order valence-electron chi connectivity index (χ2n) is 3.36. The average Bonchev–Trinajstić information content (AvgIpc) is 2.31. The Balaban J connectivity index is 3.06. The van der Waals surface area contributed by atoms with Gasteiger partial charge in [0.2, 0.25) is 0 Å². The van der Waals surface area contributed by atoms with Crippen LogP contribution in [0.4, 0.5) is 0 Å². The summed E-state index contributed by atoms with van der Waals surface area (Å²) < 4.78 is 0. The van der Waals surface area contributed by atoms with E-state index < -0.39 is 0 Å². The minimum atomic E-state index is -0.107. The normalized spacial score (nSPS) is 12.9. The Bertz CT molecular complexity index is 333. The Kier molecular flexibility index (Phi) is 3.07. The highest BCUT2D eigenvalue weighted by Gasteiger charge is 2.16. The van der Waals surface area contributed by atoms with Crippen LogP contribution in [0.5, 0.6) is 0 Å². The van der Waals surface area contributed by atoms with E-state index in [-0.39, 0.29) is 6.04 Å². The first kappa shape index (κ1) is 10.2. The third-order valence-corrected chi connectivity index (χ3v) is 2.99. The molecule has 0 amide bonds. The van der Waals surface area contributed by atoms with E-state index in [9.17, 15) is 0 Å². The zero-order valence-corrected chi connectivity index (χ0v) is 9.27. The lowest BCUT2D eigenvalue weighted by atomic mass is 10.1. The van der Waals surface area contributed by atoms with Crippen LogP contribution in [0.15, 0.2) is 6.07 Å². The molecule has 0 bridgehead atoms. The van der Waals surface area contributed by atoms with Gasteiger partial charge in [-0.05, 0) is 39.6 Å². The predicted octanol–water partition coefficient (Wildman–Crippen LogP) is 2.49. The van der Waals surface area contributed by atoms with E-state index >= 15 is 0 Å². The molecule has 13 heavy (non-hydrogen) atoms. The van der Waals surface area contributed by atoms with Gasteiger partial charge in [-0.25, -0.2) is 0 Å². The number of thiophene rings is 1. The Morgan fingerprint density at radius 3 is 2.38 bits per heavy atom. The van der Waals surface area contributed by atoms with Gasteiger partial charge in [0.15, 0.2) is 0 Å². The highest BCUT2D eigenvalue weighted by molar-refractivity contribution is 7.12. The van der Waals surface area contributed by atoms with Gasteiger partial charge >= 0.3 is 0 Å². The van der Waals surface area contributed by atoms with Crippen LogP contribution in [0, 0.1) is 25.2 Å². The molecule has 2 nitrogen and oxygen atoms in total. The SMILES string of the molecule is Cc1cc(C(C#N)N(C)C)c(C)s1. The average molecular weight is 194 g/mol. The lowest BCUT2D eigenvalue weighted by Crippen LogP contribution is -2.18. The number of aryl methyl sites for hydroxylation is 2. The van der Waals surface area contributed by atoms with Crippen molar-refractivity contribution < 1.29 is 0 Å². The van der Waals surface area contributed by atoms with Crippen molar-refractivity contribution in [3.8, 4) is 6.07 Å². The van der Waals surface area contributed by atoms with Crippen molar-refractivity contribution in [3.63, 3.8) is 0 Å². The molecule has 0 aliphatic rings. The van der Waals surface area contributed by atoms with Crippen LogP contribution >= 0.6 is 11.3 Å². The Morgan fingerprint density at radius 2 is 2.08 bits per heavy atom. The maximum atomic E-state index is 9.00. The first-order valence-corrected chi connectivity index (χ1v) is 5.01. The molecule has 0 aromatic carbocycles. The molecule has 70 valence electrons. The van der Waals surface area contributed by atoms with Crippen molar-refractivity contribution in [2.45, 2.75) is 19.9 Å². The summed E-state index contributed by atoms with van der Waals surface area (Å²) in [7, 11) is 3.86. The molecule has 1 rings (SSSR count). The van der Waals surface area contributed by atoms with Gasteiger partial charge in [-0.1, -0.05) is 0 Å². The summed E-state index contributed by atoms with van der Waals surface area (Å²) in [5.74, 6) is 0. The van der Waals surface area contributed by atoms with Crippen LogP contribution in [0.1, 0.15) is 21.4 Å². The van der Waals surface area contributed by atoms with E-state index in [1.807, 2.05) is 19.0 Å². The molecule has 0 spiro atoms. The van der Waals surface area contributed by atoms with Crippen molar-refractivity contribution >= 4 is 11.3 Å². The molecule has 0 aliphatic heterocycles. The van der Waals surface area contributed by atoms with E-state index in [1.54, 1.807) is 11.3 Å². The minimum absolute atomic E-state index is 0.107. The Morgan fingerprint density at radius 1 is 1.46 bits per heavy atom. The monoisotopic (exact) mass is 194 g/mol. The van der Waals surface area contributed by atoms with E-state index in [1.165, 1.54) is 9.75 Å². The van der Waals surface area contributed by atoms with E-state index in [4.69, 9.17) is 5.26 Å². The van der Waals surface area contributed by atoms with Crippen LogP contribution in [-0.2, 0) is 0 Å². The van der Waals surface area contributed by atoms with Crippen molar-refractivity contribution in [2.24, 2.45) is 0 Å². The minimum Gasteiger partial charge on any atom is -0.290 e. The fourth-order valence-electron chi connectivity index (χ4n) is 1.39. The predicted molar refractivity (Wildman–Crippen MR) is 55.8 cm³/mol. The molecule has 0 radical (unpaired) electrons. The summed E-state index contributed by atoms with van der Waals surface area (Å²) in [5, 5.41) is 9.00. The number of nitrogens with zero attached hydrogens (tertiary/aromatic N) is 2. The largest absolute Gasteiger partial charge is 0.290 e. The van der Waals surface area contributed by atoms with Gasteiger partial charge in [0.25, 0.3) is 0 Å². The molecule has 1 aromatic heterocycles. The van der Waals surface area contributed by atoms with Crippen molar-refractivity contribution in [3.05, 3.63) is 21.4 Å². The van der Waals surface area contributed by atoms with E-state index in [2.05, 4.69) is 26.0 Å². The molecule has 0 saturated carbocycles. The second-order valence-corrected chi connectivity index (χ2v) is 4.82. The standard InChI is InChI=1S/C10H14N2S/c1-7-5-9(8(2)13-7)10(6-11)12(3)4/h5,10H,1-4H3. The second kappa shape index (κ2) is 3.91. The topological polar surface area (TPSA) is 27.0 Å². The van der Waals surface area contributed by atoms with Gasteiger partial charge in [-0.3, -0.25) is 4.90 Å². The Hall–Kier alpha value is -0.850. The van der Waals surface area contributed by atoms with Gasteiger partial charge in [-0.15, -0.1) is 11.3 Å². The maximum Gasteiger partial charge on any atom is 0.124 e. The van der Waals surface area contributed by atoms with Gasteiger partial charge < -0.3 is 0 Å². The van der Waals surface area contributed by atoms with Crippen LogP contribution < -0.4 is 0 Å². The fraction of sp³-hybridized carbons (Fsp3) is 0.500. The molecule has 3 heteroatoms.